The van der Waals surface area contributed by atoms with E-state index in [1.54, 1.807) is 30.9 Å². The lowest BCUT2D eigenvalue weighted by Crippen LogP contribution is -2.15. The first kappa shape index (κ1) is 18.5. The van der Waals surface area contributed by atoms with Gasteiger partial charge in [-0.25, -0.2) is 9.37 Å². The summed E-state index contributed by atoms with van der Waals surface area (Å²) in [6.45, 7) is 6.03. The minimum Gasteiger partial charge on any atom is -0.478 e. The van der Waals surface area contributed by atoms with Crippen LogP contribution in [-0.4, -0.2) is 32.3 Å². The van der Waals surface area contributed by atoms with Crippen LogP contribution in [0.2, 0.25) is 0 Å². The van der Waals surface area contributed by atoms with Crippen LogP contribution in [0.15, 0.2) is 30.7 Å². The molecule has 3 aromatic heterocycles. The third-order valence-corrected chi connectivity index (χ3v) is 4.09. The summed E-state index contributed by atoms with van der Waals surface area (Å²) in [6.07, 6.45) is 4.23. The molecule has 0 radical (unpaired) electrons. The van der Waals surface area contributed by atoms with E-state index in [9.17, 15) is 9.18 Å². The highest BCUT2D eigenvalue weighted by atomic mass is 19.1. The molecule has 1 N–H and O–H groups in total. The summed E-state index contributed by atoms with van der Waals surface area (Å²) < 4.78 is 20.9. The van der Waals surface area contributed by atoms with Gasteiger partial charge >= 0.3 is 0 Å². The number of carbonyl (C=O) groups excluding carboxylic acids is 1. The van der Waals surface area contributed by atoms with Gasteiger partial charge in [0.25, 0.3) is 5.91 Å². The number of amides is 1. The minimum atomic E-state index is -0.592. The number of rotatable bonds is 5. The number of pyridine rings is 2. The van der Waals surface area contributed by atoms with E-state index in [-0.39, 0.29) is 11.4 Å². The zero-order valence-corrected chi connectivity index (χ0v) is 15.6. The second-order valence-electron chi connectivity index (χ2n) is 6.08. The highest BCUT2D eigenvalue weighted by Gasteiger charge is 2.18. The van der Waals surface area contributed by atoms with Gasteiger partial charge in [0, 0.05) is 31.1 Å². The second-order valence-corrected chi connectivity index (χ2v) is 6.08. The van der Waals surface area contributed by atoms with Crippen LogP contribution in [0.1, 0.15) is 28.5 Å². The maximum Gasteiger partial charge on any atom is 0.276 e. The normalized spacial score (nSPS) is 10.7. The van der Waals surface area contributed by atoms with Crippen LogP contribution in [0.5, 0.6) is 5.88 Å². The Morgan fingerprint density at radius 3 is 2.67 bits per heavy atom. The first-order chi connectivity index (χ1) is 12.9. The maximum atomic E-state index is 13.9. The molecule has 1 amide bonds. The van der Waals surface area contributed by atoms with Crippen molar-refractivity contribution in [3.8, 4) is 17.1 Å². The molecule has 0 aliphatic rings. The zero-order chi connectivity index (χ0) is 19.6. The highest BCUT2D eigenvalue weighted by Crippen LogP contribution is 2.26. The quantitative estimate of drug-likeness (QED) is 0.746. The number of anilines is 1. The predicted molar refractivity (Wildman–Crippen MR) is 99.2 cm³/mol. The van der Waals surface area contributed by atoms with E-state index in [1.165, 1.54) is 6.20 Å². The van der Waals surface area contributed by atoms with Crippen LogP contribution in [0.4, 0.5) is 10.1 Å². The smallest absolute Gasteiger partial charge is 0.276 e. The Bertz CT molecular complexity index is 980. The van der Waals surface area contributed by atoms with Crippen LogP contribution in [0.3, 0.4) is 0 Å². The maximum absolute atomic E-state index is 13.9. The van der Waals surface area contributed by atoms with Crippen LogP contribution in [0.25, 0.3) is 11.3 Å². The van der Waals surface area contributed by atoms with E-state index >= 15 is 0 Å². The van der Waals surface area contributed by atoms with Gasteiger partial charge < -0.3 is 10.1 Å². The largest absolute Gasteiger partial charge is 0.478 e. The van der Waals surface area contributed by atoms with E-state index < -0.39 is 11.7 Å². The Hall–Kier alpha value is -3.29. The monoisotopic (exact) mass is 369 g/mol. The molecular formula is C19H20FN5O2. The summed E-state index contributed by atoms with van der Waals surface area (Å²) in [7, 11) is 1.74. The van der Waals surface area contributed by atoms with Gasteiger partial charge in [0.05, 0.1) is 24.2 Å². The van der Waals surface area contributed by atoms with Crippen LogP contribution < -0.4 is 10.1 Å². The number of nitrogens with one attached hydrogen (secondary N) is 1. The topological polar surface area (TPSA) is 81.9 Å². The van der Waals surface area contributed by atoms with E-state index in [4.69, 9.17) is 4.74 Å². The average Bonchev–Trinajstić information content (AvgIpc) is 3.00. The van der Waals surface area contributed by atoms with Gasteiger partial charge in [-0.2, -0.15) is 5.10 Å². The SMILES string of the molecule is CCOc1cc(C)c(-c2cc(C(=O)Nc3c(C)cncc3F)nn2C)cn1. The fourth-order valence-electron chi connectivity index (χ4n) is 2.72. The number of aryl methyl sites for hydroxylation is 3. The Balaban J connectivity index is 1.89. The summed E-state index contributed by atoms with van der Waals surface area (Å²) >= 11 is 0. The van der Waals surface area contributed by atoms with Crippen molar-refractivity contribution in [1.82, 2.24) is 19.7 Å². The van der Waals surface area contributed by atoms with Gasteiger partial charge in [0.15, 0.2) is 11.5 Å². The second kappa shape index (κ2) is 7.53. The lowest BCUT2D eigenvalue weighted by Gasteiger charge is -2.08. The molecule has 27 heavy (non-hydrogen) atoms. The van der Waals surface area contributed by atoms with Gasteiger partial charge in [-0.1, -0.05) is 0 Å². The van der Waals surface area contributed by atoms with E-state index in [2.05, 4.69) is 20.4 Å². The number of aromatic nitrogens is 4. The van der Waals surface area contributed by atoms with Gasteiger partial charge in [0.2, 0.25) is 5.88 Å². The first-order valence-electron chi connectivity index (χ1n) is 8.46. The summed E-state index contributed by atoms with van der Waals surface area (Å²) in [5.74, 6) is -0.546. The molecule has 0 unspecified atom stereocenters. The molecule has 3 heterocycles. The summed E-state index contributed by atoms with van der Waals surface area (Å²) in [5, 5.41) is 6.81. The van der Waals surface area contributed by atoms with Crippen molar-refractivity contribution < 1.29 is 13.9 Å². The van der Waals surface area contributed by atoms with Crippen molar-refractivity contribution in [2.75, 3.05) is 11.9 Å². The Kier molecular flexibility index (Phi) is 5.16. The fourth-order valence-corrected chi connectivity index (χ4v) is 2.72. The van der Waals surface area contributed by atoms with Crippen molar-refractivity contribution >= 4 is 11.6 Å². The Morgan fingerprint density at radius 1 is 1.22 bits per heavy atom. The van der Waals surface area contributed by atoms with Crippen molar-refractivity contribution in [2.24, 2.45) is 7.05 Å². The number of nitrogens with zero attached hydrogens (tertiary/aromatic N) is 4. The van der Waals surface area contributed by atoms with E-state index in [0.717, 1.165) is 23.0 Å². The van der Waals surface area contributed by atoms with Crippen molar-refractivity contribution in [2.45, 2.75) is 20.8 Å². The lowest BCUT2D eigenvalue weighted by atomic mass is 10.1. The molecule has 140 valence electrons. The molecule has 3 aromatic rings. The van der Waals surface area contributed by atoms with Crippen LogP contribution in [0, 0.1) is 19.7 Å². The lowest BCUT2D eigenvalue weighted by molar-refractivity contribution is 0.102. The molecule has 3 rings (SSSR count). The average molecular weight is 369 g/mol. The van der Waals surface area contributed by atoms with Gasteiger partial charge in [0.1, 0.15) is 0 Å². The first-order valence-corrected chi connectivity index (χ1v) is 8.46. The molecule has 0 fully saturated rings. The number of hydrogen-bond acceptors (Lipinski definition) is 5. The minimum absolute atomic E-state index is 0.0983. The van der Waals surface area contributed by atoms with Gasteiger partial charge in [-0.15, -0.1) is 0 Å². The third-order valence-electron chi connectivity index (χ3n) is 4.09. The number of halogens is 1. The number of carbonyl (C=O) groups is 1. The summed E-state index contributed by atoms with van der Waals surface area (Å²) in [5.41, 5.74) is 3.31. The predicted octanol–water partition coefficient (Wildman–Crippen LogP) is 3.28. The molecule has 0 saturated heterocycles. The van der Waals surface area contributed by atoms with Crippen molar-refractivity contribution in [3.63, 3.8) is 0 Å². The van der Waals surface area contributed by atoms with E-state index in [1.807, 2.05) is 19.9 Å². The molecular weight excluding hydrogens is 349 g/mol. The molecule has 0 saturated carbocycles. The Morgan fingerprint density at radius 2 is 2.00 bits per heavy atom. The molecule has 0 aromatic carbocycles. The number of ether oxygens (including phenoxy) is 1. The fraction of sp³-hybridized carbons (Fsp3) is 0.263. The van der Waals surface area contributed by atoms with Gasteiger partial charge in [-0.05, 0) is 38.0 Å². The standard InChI is InChI=1S/C19H20FN5O2/c1-5-27-17-6-11(2)13(9-22-17)16-7-15(24-25(16)4)19(26)23-18-12(3)8-21-10-14(18)20/h6-10H,5H2,1-4H3,(H,21,23,26). The molecule has 7 nitrogen and oxygen atoms in total. The van der Waals surface area contributed by atoms with E-state index in [0.29, 0.717) is 18.1 Å². The third kappa shape index (κ3) is 3.79. The van der Waals surface area contributed by atoms with Crippen LogP contribution in [-0.2, 0) is 7.05 Å². The Labute approximate surface area is 156 Å². The van der Waals surface area contributed by atoms with Crippen molar-refractivity contribution in [3.05, 3.63) is 53.4 Å². The molecule has 8 heteroatoms. The summed E-state index contributed by atoms with van der Waals surface area (Å²) in [4.78, 5) is 20.6. The van der Waals surface area contributed by atoms with Crippen molar-refractivity contribution in [1.29, 1.82) is 0 Å². The highest BCUT2D eigenvalue weighted by molar-refractivity contribution is 6.04. The van der Waals surface area contributed by atoms with Crippen LogP contribution >= 0.6 is 0 Å². The van der Waals surface area contributed by atoms with Gasteiger partial charge in [-0.3, -0.25) is 14.5 Å². The summed E-state index contributed by atoms with van der Waals surface area (Å²) in [6, 6.07) is 3.48. The molecule has 0 aliphatic carbocycles. The number of hydrogen-bond donors (Lipinski definition) is 1. The molecule has 0 spiro atoms. The molecule has 0 aliphatic heterocycles. The molecule has 0 bridgehead atoms. The molecule has 0 atom stereocenters. The zero-order valence-electron chi connectivity index (χ0n) is 15.6.